The van der Waals surface area contributed by atoms with E-state index in [1.807, 2.05) is 6.92 Å². The number of thioether (sulfide) groups is 1. The van der Waals surface area contributed by atoms with Crippen molar-refractivity contribution in [3.63, 3.8) is 0 Å². The highest BCUT2D eigenvalue weighted by Gasteiger charge is 2.27. The first-order valence-corrected chi connectivity index (χ1v) is 11.2. The van der Waals surface area contributed by atoms with Crippen LogP contribution >= 0.6 is 11.8 Å². The van der Waals surface area contributed by atoms with E-state index in [1.165, 1.54) is 35.1 Å². The van der Waals surface area contributed by atoms with Gasteiger partial charge in [0.05, 0.1) is 10.3 Å². The topological polar surface area (TPSA) is 79.4 Å². The number of amides is 1. The minimum atomic E-state index is -3.43. The molecular weight excluding hydrogens is 358 g/mol. The van der Waals surface area contributed by atoms with Crippen LogP contribution in [0.4, 0.5) is 0 Å². The molecule has 1 aliphatic heterocycles. The number of pyridine rings is 1. The van der Waals surface area contributed by atoms with Gasteiger partial charge in [-0.1, -0.05) is 24.6 Å². The Labute approximate surface area is 153 Å². The van der Waals surface area contributed by atoms with Gasteiger partial charge in [-0.15, -0.1) is 0 Å². The van der Waals surface area contributed by atoms with Crippen LogP contribution in [0.2, 0.25) is 0 Å². The van der Waals surface area contributed by atoms with E-state index in [-0.39, 0.29) is 16.1 Å². The Bertz CT molecular complexity index is 694. The fourth-order valence-corrected chi connectivity index (χ4v) is 5.55. The van der Waals surface area contributed by atoms with Gasteiger partial charge in [-0.2, -0.15) is 4.31 Å². The summed E-state index contributed by atoms with van der Waals surface area (Å²) in [4.78, 5) is 16.7. The van der Waals surface area contributed by atoms with Crippen molar-refractivity contribution in [3.05, 3.63) is 18.3 Å². The van der Waals surface area contributed by atoms with E-state index in [0.29, 0.717) is 24.2 Å². The SMILES string of the molecule is CC(Sc1ccc(S(=O)(=O)N2CCCC2)cn1)C(=O)NC1CCCC1. The molecule has 1 aliphatic carbocycles. The molecule has 0 aromatic carbocycles. The van der Waals surface area contributed by atoms with Crippen LogP contribution in [0.3, 0.4) is 0 Å². The molecule has 8 heteroatoms. The third-order valence-corrected chi connectivity index (χ3v) is 7.71. The molecule has 25 heavy (non-hydrogen) atoms. The average Bonchev–Trinajstić information content (AvgIpc) is 3.29. The van der Waals surface area contributed by atoms with Gasteiger partial charge in [0.25, 0.3) is 0 Å². The first-order chi connectivity index (χ1) is 12.0. The van der Waals surface area contributed by atoms with Crippen LogP contribution in [0.15, 0.2) is 28.3 Å². The van der Waals surface area contributed by atoms with E-state index in [2.05, 4.69) is 10.3 Å². The predicted molar refractivity (Wildman–Crippen MR) is 97.9 cm³/mol. The van der Waals surface area contributed by atoms with Gasteiger partial charge in [0.1, 0.15) is 4.90 Å². The summed E-state index contributed by atoms with van der Waals surface area (Å²) >= 11 is 1.36. The minimum absolute atomic E-state index is 0.0208. The predicted octanol–water partition coefficient (Wildman–Crippen LogP) is 2.41. The van der Waals surface area contributed by atoms with Crippen molar-refractivity contribution in [2.24, 2.45) is 0 Å². The quantitative estimate of drug-likeness (QED) is 0.763. The van der Waals surface area contributed by atoms with Crippen LogP contribution in [0.25, 0.3) is 0 Å². The summed E-state index contributed by atoms with van der Waals surface area (Å²) in [6.45, 7) is 3.01. The molecule has 3 rings (SSSR count). The van der Waals surface area contributed by atoms with Gasteiger partial charge in [-0.05, 0) is 44.7 Å². The fourth-order valence-electron chi connectivity index (χ4n) is 3.29. The molecule has 2 fully saturated rings. The summed E-state index contributed by atoms with van der Waals surface area (Å²) in [6, 6.07) is 3.58. The summed E-state index contributed by atoms with van der Waals surface area (Å²) < 4.78 is 26.5. The summed E-state index contributed by atoms with van der Waals surface area (Å²) in [6.07, 6.45) is 7.71. The standard InChI is InChI=1S/C17H25N3O3S2/c1-13(17(21)19-14-6-2-3-7-14)24-16-9-8-15(12-18-16)25(22,23)20-10-4-5-11-20/h8-9,12-14H,2-7,10-11H2,1H3,(H,19,21). The molecule has 1 amide bonds. The summed E-state index contributed by atoms with van der Waals surface area (Å²) in [5.74, 6) is 0.0208. The van der Waals surface area contributed by atoms with Crippen molar-refractivity contribution in [1.29, 1.82) is 0 Å². The second-order valence-electron chi connectivity index (χ2n) is 6.69. The Morgan fingerprint density at radius 1 is 1.24 bits per heavy atom. The molecule has 1 aromatic rings. The lowest BCUT2D eigenvalue weighted by molar-refractivity contribution is -0.120. The molecule has 0 bridgehead atoms. The molecule has 1 unspecified atom stereocenters. The maximum absolute atomic E-state index is 12.5. The molecule has 0 radical (unpaired) electrons. The van der Waals surface area contributed by atoms with Gasteiger partial charge in [-0.3, -0.25) is 4.79 Å². The lowest BCUT2D eigenvalue weighted by Crippen LogP contribution is -2.37. The number of nitrogens with one attached hydrogen (secondary N) is 1. The van der Waals surface area contributed by atoms with Crippen LogP contribution in [0, 0.1) is 0 Å². The van der Waals surface area contributed by atoms with Gasteiger partial charge in [-0.25, -0.2) is 13.4 Å². The highest BCUT2D eigenvalue weighted by Crippen LogP contribution is 2.25. The van der Waals surface area contributed by atoms with Crippen molar-refractivity contribution in [2.45, 2.75) is 66.7 Å². The third kappa shape index (κ3) is 4.54. The van der Waals surface area contributed by atoms with Gasteiger partial charge in [0.2, 0.25) is 15.9 Å². The number of hydrogen-bond donors (Lipinski definition) is 1. The molecule has 1 saturated heterocycles. The molecule has 2 aliphatic rings. The molecule has 1 saturated carbocycles. The first kappa shape index (κ1) is 18.7. The van der Waals surface area contributed by atoms with E-state index >= 15 is 0 Å². The van der Waals surface area contributed by atoms with Crippen molar-refractivity contribution in [1.82, 2.24) is 14.6 Å². The largest absolute Gasteiger partial charge is 0.352 e. The van der Waals surface area contributed by atoms with Crippen molar-refractivity contribution >= 4 is 27.7 Å². The average molecular weight is 384 g/mol. The number of rotatable bonds is 6. The van der Waals surface area contributed by atoms with Gasteiger partial charge >= 0.3 is 0 Å². The summed E-state index contributed by atoms with van der Waals surface area (Å²) in [5.41, 5.74) is 0. The zero-order valence-corrected chi connectivity index (χ0v) is 16.1. The van der Waals surface area contributed by atoms with E-state index in [9.17, 15) is 13.2 Å². The lowest BCUT2D eigenvalue weighted by Gasteiger charge is -2.17. The van der Waals surface area contributed by atoms with Crippen LogP contribution in [0.5, 0.6) is 0 Å². The van der Waals surface area contributed by atoms with Crippen molar-refractivity contribution < 1.29 is 13.2 Å². The molecule has 6 nitrogen and oxygen atoms in total. The molecule has 138 valence electrons. The minimum Gasteiger partial charge on any atom is -0.352 e. The van der Waals surface area contributed by atoms with Crippen LogP contribution in [0.1, 0.15) is 45.4 Å². The number of sulfonamides is 1. The number of carbonyl (C=O) groups excluding carboxylic acids is 1. The Balaban J connectivity index is 1.59. The van der Waals surface area contributed by atoms with Crippen molar-refractivity contribution in [2.75, 3.05) is 13.1 Å². The Morgan fingerprint density at radius 2 is 1.92 bits per heavy atom. The van der Waals surface area contributed by atoms with Crippen LogP contribution < -0.4 is 5.32 Å². The second kappa shape index (κ2) is 8.05. The molecular formula is C17H25N3O3S2. The van der Waals surface area contributed by atoms with Crippen LogP contribution in [-0.2, 0) is 14.8 Å². The normalized spacial score (nSPS) is 20.7. The second-order valence-corrected chi connectivity index (χ2v) is 9.99. The monoisotopic (exact) mass is 383 g/mol. The number of nitrogens with zero attached hydrogens (tertiary/aromatic N) is 2. The molecule has 2 heterocycles. The highest BCUT2D eigenvalue weighted by molar-refractivity contribution is 8.00. The highest BCUT2D eigenvalue weighted by atomic mass is 32.2. The number of carbonyl (C=O) groups is 1. The van der Waals surface area contributed by atoms with Crippen molar-refractivity contribution in [3.8, 4) is 0 Å². The molecule has 0 spiro atoms. The molecule has 1 N–H and O–H groups in total. The lowest BCUT2D eigenvalue weighted by atomic mass is 10.2. The summed E-state index contributed by atoms with van der Waals surface area (Å²) in [5, 5.41) is 3.49. The smallest absolute Gasteiger partial charge is 0.244 e. The zero-order chi connectivity index (χ0) is 17.9. The fraction of sp³-hybridized carbons (Fsp3) is 0.647. The number of aromatic nitrogens is 1. The third-order valence-electron chi connectivity index (χ3n) is 4.78. The Hall–Kier alpha value is -1.12. The van der Waals surface area contributed by atoms with E-state index in [1.54, 1.807) is 12.1 Å². The maximum atomic E-state index is 12.5. The Kier molecular flexibility index (Phi) is 6.01. The Morgan fingerprint density at radius 3 is 2.52 bits per heavy atom. The van der Waals surface area contributed by atoms with E-state index < -0.39 is 10.0 Å². The van der Waals surface area contributed by atoms with E-state index in [0.717, 1.165) is 25.7 Å². The number of hydrogen-bond acceptors (Lipinski definition) is 5. The first-order valence-electron chi connectivity index (χ1n) is 8.90. The van der Waals surface area contributed by atoms with Crippen LogP contribution in [-0.4, -0.2) is 48.0 Å². The van der Waals surface area contributed by atoms with Gasteiger partial charge < -0.3 is 5.32 Å². The van der Waals surface area contributed by atoms with E-state index in [4.69, 9.17) is 0 Å². The van der Waals surface area contributed by atoms with Gasteiger partial charge in [0, 0.05) is 25.3 Å². The van der Waals surface area contributed by atoms with Gasteiger partial charge in [0.15, 0.2) is 0 Å². The molecule has 1 aromatic heterocycles. The maximum Gasteiger partial charge on any atom is 0.244 e. The molecule has 1 atom stereocenters. The summed E-state index contributed by atoms with van der Waals surface area (Å²) in [7, 11) is -3.43. The zero-order valence-electron chi connectivity index (χ0n) is 14.5.